The molecule has 0 spiro atoms. The van der Waals surface area contributed by atoms with Crippen molar-refractivity contribution >= 4 is 5.97 Å². The molecule has 0 saturated carbocycles. The van der Waals surface area contributed by atoms with E-state index in [2.05, 4.69) is 0 Å². The lowest BCUT2D eigenvalue weighted by molar-refractivity contribution is -0.144. The first kappa shape index (κ1) is 10.2. The van der Waals surface area contributed by atoms with Crippen molar-refractivity contribution < 1.29 is 14.3 Å². The third-order valence-electron chi connectivity index (χ3n) is 3.05. The second-order valence-electron chi connectivity index (χ2n) is 4.03. The van der Waals surface area contributed by atoms with Crippen LogP contribution in [-0.2, 0) is 23.2 Å². The van der Waals surface area contributed by atoms with E-state index in [4.69, 9.17) is 15.3 Å². The second kappa shape index (κ2) is 3.38. The number of carbonyl (C=O) groups is 1. The standard InChI is InChI=1S/C11H15NO3/c1-2-7-6-8-9(15-7)4-3-5-11(8,12)10(13)14/h6H,2-5,12H2,1H3,(H,13,14). The Morgan fingerprint density at radius 2 is 2.47 bits per heavy atom. The number of fused-ring (bicyclic) bond motifs is 1. The molecule has 0 amide bonds. The van der Waals surface area contributed by atoms with Crippen LogP contribution in [-0.4, -0.2) is 11.1 Å². The average Bonchev–Trinajstić information content (AvgIpc) is 2.62. The summed E-state index contributed by atoms with van der Waals surface area (Å²) in [6.07, 6.45) is 2.81. The molecule has 4 heteroatoms. The van der Waals surface area contributed by atoms with Gasteiger partial charge in [0.25, 0.3) is 0 Å². The average molecular weight is 209 g/mol. The molecule has 2 rings (SSSR count). The van der Waals surface area contributed by atoms with Gasteiger partial charge in [-0.1, -0.05) is 6.92 Å². The highest BCUT2D eigenvalue weighted by molar-refractivity contribution is 5.81. The number of aliphatic carboxylic acids is 1. The summed E-state index contributed by atoms with van der Waals surface area (Å²) < 4.78 is 5.56. The smallest absolute Gasteiger partial charge is 0.328 e. The normalized spacial score (nSPS) is 24.9. The zero-order valence-corrected chi connectivity index (χ0v) is 8.75. The van der Waals surface area contributed by atoms with Crippen molar-refractivity contribution in [3.05, 3.63) is 23.2 Å². The van der Waals surface area contributed by atoms with E-state index in [9.17, 15) is 4.79 Å². The van der Waals surface area contributed by atoms with Crippen LogP contribution < -0.4 is 5.73 Å². The summed E-state index contributed by atoms with van der Waals surface area (Å²) in [4.78, 5) is 11.2. The molecule has 1 aliphatic rings. The third kappa shape index (κ3) is 1.45. The molecule has 0 radical (unpaired) electrons. The first-order valence-electron chi connectivity index (χ1n) is 5.22. The number of hydrogen-bond acceptors (Lipinski definition) is 3. The summed E-state index contributed by atoms with van der Waals surface area (Å²) in [6, 6.07) is 1.79. The summed E-state index contributed by atoms with van der Waals surface area (Å²) in [5.41, 5.74) is 5.34. The number of nitrogens with two attached hydrogens (primary N) is 1. The van der Waals surface area contributed by atoms with Crippen LogP contribution in [0.1, 0.15) is 36.8 Å². The van der Waals surface area contributed by atoms with Crippen LogP contribution >= 0.6 is 0 Å². The number of rotatable bonds is 2. The van der Waals surface area contributed by atoms with Gasteiger partial charge in [0.05, 0.1) is 0 Å². The van der Waals surface area contributed by atoms with Gasteiger partial charge in [0.2, 0.25) is 0 Å². The lowest BCUT2D eigenvalue weighted by atomic mass is 9.80. The van der Waals surface area contributed by atoms with Crippen molar-refractivity contribution in [2.75, 3.05) is 0 Å². The highest BCUT2D eigenvalue weighted by atomic mass is 16.4. The van der Waals surface area contributed by atoms with Crippen molar-refractivity contribution in [3.63, 3.8) is 0 Å². The van der Waals surface area contributed by atoms with Crippen molar-refractivity contribution in [3.8, 4) is 0 Å². The highest BCUT2D eigenvalue weighted by Crippen LogP contribution is 2.35. The van der Waals surface area contributed by atoms with Gasteiger partial charge in [0, 0.05) is 18.4 Å². The molecule has 82 valence electrons. The molecule has 0 aromatic carbocycles. The maximum Gasteiger partial charge on any atom is 0.328 e. The fourth-order valence-electron chi connectivity index (χ4n) is 2.11. The lowest BCUT2D eigenvalue weighted by Gasteiger charge is -2.28. The Hall–Kier alpha value is -1.29. The molecule has 1 unspecified atom stereocenters. The van der Waals surface area contributed by atoms with Crippen LogP contribution in [0.5, 0.6) is 0 Å². The zero-order valence-electron chi connectivity index (χ0n) is 8.75. The van der Waals surface area contributed by atoms with Crippen molar-refractivity contribution in [1.29, 1.82) is 0 Å². The van der Waals surface area contributed by atoms with Crippen LogP contribution in [0.25, 0.3) is 0 Å². The Morgan fingerprint density at radius 3 is 3.07 bits per heavy atom. The first-order chi connectivity index (χ1) is 7.08. The number of carboxylic acids is 1. The molecular weight excluding hydrogens is 194 g/mol. The van der Waals surface area contributed by atoms with Crippen molar-refractivity contribution in [2.24, 2.45) is 5.73 Å². The minimum Gasteiger partial charge on any atom is -0.480 e. The molecule has 0 saturated heterocycles. The lowest BCUT2D eigenvalue weighted by Crippen LogP contribution is -2.46. The van der Waals surface area contributed by atoms with E-state index in [1.165, 1.54) is 0 Å². The van der Waals surface area contributed by atoms with E-state index in [-0.39, 0.29) is 0 Å². The minimum absolute atomic E-state index is 0.484. The van der Waals surface area contributed by atoms with Crippen LogP contribution in [0.3, 0.4) is 0 Å². The van der Waals surface area contributed by atoms with Gasteiger partial charge in [-0.3, -0.25) is 0 Å². The Kier molecular flexibility index (Phi) is 2.31. The van der Waals surface area contributed by atoms with E-state index >= 15 is 0 Å². The molecule has 0 bridgehead atoms. The molecule has 0 aliphatic heterocycles. The fraction of sp³-hybridized carbons (Fsp3) is 0.545. The highest BCUT2D eigenvalue weighted by Gasteiger charge is 2.42. The Balaban J connectivity index is 2.50. The van der Waals surface area contributed by atoms with Gasteiger partial charge in [-0.25, -0.2) is 4.79 Å². The van der Waals surface area contributed by atoms with Gasteiger partial charge >= 0.3 is 5.97 Å². The van der Waals surface area contributed by atoms with Gasteiger partial charge in [0.1, 0.15) is 17.1 Å². The Bertz CT molecular complexity index is 397. The van der Waals surface area contributed by atoms with Crippen molar-refractivity contribution in [1.82, 2.24) is 0 Å². The van der Waals surface area contributed by atoms with Gasteiger partial charge in [0.15, 0.2) is 0 Å². The van der Waals surface area contributed by atoms with Crippen LogP contribution in [0.2, 0.25) is 0 Å². The number of hydrogen-bond donors (Lipinski definition) is 2. The first-order valence-corrected chi connectivity index (χ1v) is 5.22. The molecule has 1 heterocycles. The Labute approximate surface area is 88.1 Å². The largest absolute Gasteiger partial charge is 0.480 e. The van der Waals surface area contributed by atoms with E-state index in [0.29, 0.717) is 12.0 Å². The summed E-state index contributed by atoms with van der Waals surface area (Å²) in [6.45, 7) is 1.98. The molecule has 1 aromatic heterocycles. The Morgan fingerprint density at radius 1 is 1.73 bits per heavy atom. The van der Waals surface area contributed by atoms with Gasteiger partial charge in [-0.2, -0.15) is 0 Å². The van der Waals surface area contributed by atoms with Gasteiger partial charge in [-0.05, 0) is 18.9 Å². The molecule has 3 N–H and O–H groups in total. The van der Waals surface area contributed by atoms with Crippen LogP contribution in [0, 0.1) is 0 Å². The number of aryl methyl sites for hydroxylation is 2. The summed E-state index contributed by atoms with van der Waals surface area (Å²) in [5.74, 6) is 0.605. The van der Waals surface area contributed by atoms with Gasteiger partial charge < -0.3 is 15.3 Å². The monoisotopic (exact) mass is 209 g/mol. The topological polar surface area (TPSA) is 76.5 Å². The zero-order chi connectivity index (χ0) is 11.1. The second-order valence-corrected chi connectivity index (χ2v) is 4.03. The summed E-state index contributed by atoms with van der Waals surface area (Å²) >= 11 is 0. The SMILES string of the molecule is CCc1cc2c(o1)CCCC2(N)C(=O)O. The molecule has 1 aliphatic carbocycles. The van der Waals surface area contributed by atoms with E-state index < -0.39 is 11.5 Å². The van der Waals surface area contributed by atoms with E-state index in [1.54, 1.807) is 6.07 Å². The third-order valence-corrected chi connectivity index (χ3v) is 3.05. The molecule has 1 aromatic rings. The predicted molar refractivity (Wildman–Crippen MR) is 54.5 cm³/mol. The summed E-state index contributed by atoms with van der Waals surface area (Å²) in [5, 5.41) is 9.16. The molecular formula is C11H15NO3. The van der Waals surface area contributed by atoms with Crippen LogP contribution in [0.15, 0.2) is 10.5 Å². The van der Waals surface area contributed by atoms with E-state index in [1.807, 2.05) is 6.92 Å². The maximum atomic E-state index is 11.2. The quantitative estimate of drug-likeness (QED) is 0.772. The number of carboxylic acid groups (broad SMARTS) is 1. The van der Waals surface area contributed by atoms with Crippen LogP contribution in [0.4, 0.5) is 0 Å². The molecule has 4 nitrogen and oxygen atoms in total. The summed E-state index contributed by atoms with van der Waals surface area (Å²) in [7, 11) is 0. The fourth-order valence-corrected chi connectivity index (χ4v) is 2.11. The predicted octanol–water partition coefficient (Wildman–Crippen LogP) is 1.42. The molecule has 0 fully saturated rings. The minimum atomic E-state index is -1.25. The number of furan rings is 1. The van der Waals surface area contributed by atoms with Gasteiger partial charge in [-0.15, -0.1) is 0 Å². The maximum absolute atomic E-state index is 11.2. The molecule has 15 heavy (non-hydrogen) atoms. The molecule has 1 atom stereocenters. The van der Waals surface area contributed by atoms with Crippen molar-refractivity contribution in [2.45, 2.75) is 38.1 Å². The van der Waals surface area contributed by atoms with E-state index in [0.717, 1.165) is 30.8 Å².